The van der Waals surface area contributed by atoms with Crippen molar-refractivity contribution in [1.82, 2.24) is 20.2 Å². The molecule has 1 aliphatic heterocycles. The van der Waals surface area contributed by atoms with Crippen molar-refractivity contribution in [2.24, 2.45) is 0 Å². The fourth-order valence-corrected chi connectivity index (χ4v) is 1.89. The third kappa shape index (κ3) is 2.59. The predicted octanol–water partition coefficient (Wildman–Crippen LogP) is 1.35. The first-order valence-corrected chi connectivity index (χ1v) is 6.08. The number of urea groups is 1. The maximum absolute atomic E-state index is 11.9. The normalized spacial score (nSPS) is 19.2. The number of nitrogens with zero attached hydrogens (tertiary/aromatic N) is 3. The molecular weight excluding hydrogens is 256 g/mol. The highest BCUT2D eigenvalue weighted by atomic mass is 35.5. The van der Waals surface area contributed by atoms with Gasteiger partial charge in [0.05, 0.1) is 24.6 Å². The number of aromatic nitrogens is 2. The van der Waals surface area contributed by atoms with Crippen LogP contribution in [0.15, 0.2) is 12.4 Å². The largest absolute Gasteiger partial charge is 0.326 e. The number of carbonyl (C=O) groups excluding carboxylic acids is 2. The zero-order valence-electron chi connectivity index (χ0n) is 9.89. The minimum atomic E-state index is -0.414. The maximum atomic E-state index is 11.9. The van der Waals surface area contributed by atoms with E-state index in [1.165, 1.54) is 12.4 Å². The average Bonchev–Trinajstić information content (AvgIpc) is 2.60. The number of hydrogen-bond donors (Lipinski definition) is 1. The van der Waals surface area contributed by atoms with Crippen LogP contribution >= 0.6 is 11.6 Å². The molecule has 6 nitrogen and oxygen atoms in total. The van der Waals surface area contributed by atoms with Crippen molar-refractivity contribution in [2.45, 2.75) is 32.4 Å². The van der Waals surface area contributed by atoms with Crippen LogP contribution in [0.2, 0.25) is 5.15 Å². The molecular formula is C11H13ClN4O2. The van der Waals surface area contributed by atoms with Gasteiger partial charge in [0.25, 0.3) is 5.91 Å². The van der Waals surface area contributed by atoms with Crippen molar-refractivity contribution in [3.8, 4) is 0 Å². The highest BCUT2D eigenvalue weighted by molar-refractivity contribution is 6.29. The van der Waals surface area contributed by atoms with Gasteiger partial charge >= 0.3 is 6.03 Å². The monoisotopic (exact) mass is 268 g/mol. The molecule has 1 atom stereocenters. The minimum absolute atomic E-state index is 0.120. The van der Waals surface area contributed by atoms with Gasteiger partial charge in [0.2, 0.25) is 0 Å². The molecule has 7 heteroatoms. The molecule has 0 bridgehead atoms. The average molecular weight is 269 g/mol. The van der Waals surface area contributed by atoms with E-state index in [1.807, 2.05) is 6.92 Å². The lowest BCUT2D eigenvalue weighted by molar-refractivity contribution is -0.128. The van der Waals surface area contributed by atoms with E-state index in [-0.39, 0.29) is 23.6 Å². The standard InChI is InChI=1S/C11H13ClN4O2/c1-2-3-8-10(17)16(11(18)15-8)6-7-4-14-9(12)5-13-7/h4-5,8H,2-3,6H2,1H3,(H,15,18). The fraction of sp³-hybridized carbons (Fsp3) is 0.455. The van der Waals surface area contributed by atoms with Crippen LogP contribution in [0, 0.1) is 0 Å². The smallest absolute Gasteiger partial charge is 0.325 e. The van der Waals surface area contributed by atoms with Crippen LogP contribution in [0.4, 0.5) is 4.79 Å². The number of carbonyl (C=O) groups is 2. The zero-order valence-corrected chi connectivity index (χ0v) is 10.6. The second-order valence-corrected chi connectivity index (χ2v) is 4.43. The first kappa shape index (κ1) is 12.8. The summed E-state index contributed by atoms with van der Waals surface area (Å²) in [7, 11) is 0. The summed E-state index contributed by atoms with van der Waals surface area (Å²) in [5, 5.41) is 2.93. The van der Waals surface area contributed by atoms with E-state index in [0.29, 0.717) is 12.1 Å². The Morgan fingerprint density at radius 3 is 2.78 bits per heavy atom. The van der Waals surface area contributed by atoms with Gasteiger partial charge in [-0.3, -0.25) is 14.7 Å². The van der Waals surface area contributed by atoms with E-state index in [0.717, 1.165) is 11.3 Å². The van der Waals surface area contributed by atoms with Crippen LogP contribution < -0.4 is 5.32 Å². The Kier molecular flexibility index (Phi) is 3.76. The summed E-state index contributed by atoms with van der Waals surface area (Å²) in [5.74, 6) is -0.210. The lowest BCUT2D eigenvalue weighted by Crippen LogP contribution is -2.31. The molecule has 2 rings (SSSR count). The molecule has 1 aromatic rings. The van der Waals surface area contributed by atoms with Crippen molar-refractivity contribution in [2.75, 3.05) is 0 Å². The van der Waals surface area contributed by atoms with Crippen LogP contribution in [0.5, 0.6) is 0 Å². The Bertz CT molecular complexity index is 463. The molecule has 0 saturated carbocycles. The van der Waals surface area contributed by atoms with Gasteiger partial charge in [-0.25, -0.2) is 9.78 Å². The Morgan fingerprint density at radius 1 is 1.39 bits per heavy atom. The molecule has 1 N–H and O–H groups in total. The van der Waals surface area contributed by atoms with Gasteiger partial charge < -0.3 is 5.32 Å². The lowest BCUT2D eigenvalue weighted by atomic mass is 10.2. The molecule has 1 fully saturated rings. The third-order valence-corrected chi connectivity index (χ3v) is 2.87. The maximum Gasteiger partial charge on any atom is 0.325 e. The minimum Gasteiger partial charge on any atom is -0.326 e. The summed E-state index contributed by atoms with van der Waals surface area (Å²) in [6.45, 7) is 2.09. The van der Waals surface area contributed by atoms with E-state index < -0.39 is 6.04 Å². The molecule has 0 spiro atoms. The van der Waals surface area contributed by atoms with Gasteiger partial charge in [-0.1, -0.05) is 24.9 Å². The van der Waals surface area contributed by atoms with E-state index in [2.05, 4.69) is 15.3 Å². The molecule has 18 heavy (non-hydrogen) atoms. The number of nitrogens with one attached hydrogen (secondary N) is 1. The predicted molar refractivity (Wildman–Crippen MR) is 64.8 cm³/mol. The molecule has 2 heterocycles. The summed E-state index contributed by atoms with van der Waals surface area (Å²) in [6.07, 6.45) is 4.33. The highest BCUT2D eigenvalue weighted by Crippen LogP contribution is 2.14. The van der Waals surface area contributed by atoms with Crippen LogP contribution in [-0.4, -0.2) is 32.8 Å². The van der Waals surface area contributed by atoms with Gasteiger partial charge in [0.15, 0.2) is 0 Å². The SMILES string of the molecule is CCCC1NC(=O)N(Cc2cnc(Cl)cn2)C1=O. The first-order valence-electron chi connectivity index (χ1n) is 5.70. The molecule has 0 aliphatic carbocycles. The van der Waals surface area contributed by atoms with Crippen molar-refractivity contribution in [1.29, 1.82) is 0 Å². The Balaban J connectivity index is 2.07. The van der Waals surface area contributed by atoms with Gasteiger partial charge in [-0.2, -0.15) is 0 Å². The zero-order chi connectivity index (χ0) is 13.1. The molecule has 1 aliphatic rings. The summed E-state index contributed by atoms with van der Waals surface area (Å²) in [4.78, 5) is 32.6. The number of rotatable bonds is 4. The van der Waals surface area contributed by atoms with Crippen molar-refractivity contribution in [3.05, 3.63) is 23.2 Å². The summed E-state index contributed by atoms with van der Waals surface area (Å²) >= 11 is 5.62. The highest BCUT2D eigenvalue weighted by Gasteiger charge is 2.37. The van der Waals surface area contributed by atoms with E-state index in [1.54, 1.807) is 0 Å². The quantitative estimate of drug-likeness (QED) is 0.837. The van der Waals surface area contributed by atoms with E-state index in [9.17, 15) is 9.59 Å². The number of halogens is 1. The Labute approximate surface area is 109 Å². The third-order valence-electron chi connectivity index (χ3n) is 2.68. The van der Waals surface area contributed by atoms with Crippen LogP contribution in [0.3, 0.4) is 0 Å². The fourth-order valence-electron chi connectivity index (χ4n) is 1.79. The van der Waals surface area contributed by atoms with E-state index in [4.69, 9.17) is 11.6 Å². The van der Waals surface area contributed by atoms with Crippen molar-refractivity contribution >= 4 is 23.5 Å². The molecule has 3 amide bonds. The van der Waals surface area contributed by atoms with E-state index >= 15 is 0 Å². The molecule has 1 saturated heterocycles. The van der Waals surface area contributed by atoms with Crippen LogP contribution in [0.1, 0.15) is 25.5 Å². The summed E-state index contributed by atoms with van der Waals surface area (Å²) in [5.41, 5.74) is 0.528. The summed E-state index contributed by atoms with van der Waals surface area (Å²) < 4.78 is 0. The van der Waals surface area contributed by atoms with Crippen molar-refractivity contribution in [3.63, 3.8) is 0 Å². The van der Waals surface area contributed by atoms with Gasteiger partial charge in [-0.15, -0.1) is 0 Å². The molecule has 0 radical (unpaired) electrons. The van der Waals surface area contributed by atoms with Crippen molar-refractivity contribution < 1.29 is 9.59 Å². The number of imide groups is 1. The molecule has 1 unspecified atom stereocenters. The van der Waals surface area contributed by atoms with Gasteiger partial charge in [0.1, 0.15) is 11.2 Å². The Hall–Kier alpha value is -1.69. The van der Waals surface area contributed by atoms with Crippen LogP contribution in [0.25, 0.3) is 0 Å². The first-order chi connectivity index (χ1) is 8.61. The number of amides is 3. The number of hydrogen-bond acceptors (Lipinski definition) is 4. The van der Waals surface area contributed by atoms with Gasteiger partial charge in [0, 0.05) is 0 Å². The topological polar surface area (TPSA) is 75.2 Å². The second-order valence-electron chi connectivity index (χ2n) is 4.05. The summed E-state index contributed by atoms with van der Waals surface area (Å²) in [6, 6.07) is -0.794. The van der Waals surface area contributed by atoms with Gasteiger partial charge in [-0.05, 0) is 6.42 Å². The van der Waals surface area contributed by atoms with Crippen LogP contribution in [-0.2, 0) is 11.3 Å². The lowest BCUT2D eigenvalue weighted by Gasteiger charge is -2.11. The molecule has 0 aromatic carbocycles. The molecule has 96 valence electrons. The second kappa shape index (κ2) is 5.30. The molecule has 1 aromatic heterocycles. The Morgan fingerprint density at radius 2 is 2.17 bits per heavy atom.